The van der Waals surface area contributed by atoms with Gasteiger partial charge < -0.3 is 0 Å². The number of sulfonamides is 1. The van der Waals surface area contributed by atoms with Crippen molar-refractivity contribution in [3.63, 3.8) is 0 Å². The van der Waals surface area contributed by atoms with Crippen molar-refractivity contribution in [1.82, 2.24) is 4.98 Å². The monoisotopic (exact) mass is 240 g/mol. The number of hydrogen-bond acceptors (Lipinski definition) is 3. The van der Waals surface area contributed by atoms with Gasteiger partial charge in [-0.2, -0.15) is 13.2 Å². The smallest absolute Gasteiger partial charge is 0.251 e. The maximum absolute atomic E-state index is 12.3. The van der Waals surface area contributed by atoms with Crippen LogP contribution in [0.3, 0.4) is 0 Å². The Labute approximate surface area is 84.0 Å². The summed E-state index contributed by atoms with van der Waals surface area (Å²) in [7, 11) is -4.00. The van der Waals surface area contributed by atoms with E-state index in [0.717, 1.165) is 12.3 Å². The molecular weight excluding hydrogens is 233 g/mol. The maximum atomic E-state index is 12.3. The summed E-state index contributed by atoms with van der Waals surface area (Å²) in [5.41, 5.74) is -1.67. The number of aromatic nitrogens is 1. The second kappa shape index (κ2) is 3.78. The van der Waals surface area contributed by atoms with Crippen molar-refractivity contribution in [3.05, 3.63) is 29.6 Å². The molecule has 1 heterocycles. The van der Waals surface area contributed by atoms with Crippen molar-refractivity contribution in [1.29, 1.82) is 0 Å². The highest BCUT2D eigenvalue weighted by Gasteiger charge is 2.35. The molecule has 1 aromatic rings. The van der Waals surface area contributed by atoms with Crippen LogP contribution >= 0.6 is 0 Å². The fourth-order valence-electron chi connectivity index (χ4n) is 1.03. The molecule has 0 saturated heterocycles. The summed E-state index contributed by atoms with van der Waals surface area (Å²) >= 11 is 0. The first kappa shape index (κ1) is 11.9. The van der Waals surface area contributed by atoms with Gasteiger partial charge >= 0.3 is 6.18 Å². The Balaban J connectivity index is 3.19. The second-order valence-corrected chi connectivity index (χ2v) is 4.43. The SMILES string of the molecule is NS(=O)(=O)Cc1cccnc1C(F)(F)F. The highest BCUT2D eigenvalue weighted by atomic mass is 32.2. The Morgan fingerprint density at radius 2 is 2.00 bits per heavy atom. The number of alkyl halides is 3. The largest absolute Gasteiger partial charge is 0.433 e. The molecule has 15 heavy (non-hydrogen) atoms. The van der Waals surface area contributed by atoms with Gasteiger partial charge in [-0.3, -0.25) is 4.98 Å². The van der Waals surface area contributed by atoms with Crippen LogP contribution in [0.5, 0.6) is 0 Å². The van der Waals surface area contributed by atoms with Gasteiger partial charge in [0.25, 0.3) is 0 Å². The molecule has 0 saturated carbocycles. The summed E-state index contributed by atoms with van der Waals surface area (Å²) in [6.07, 6.45) is -3.74. The quantitative estimate of drug-likeness (QED) is 0.834. The molecule has 0 aliphatic heterocycles. The van der Waals surface area contributed by atoms with Crippen molar-refractivity contribution < 1.29 is 21.6 Å². The van der Waals surface area contributed by atoms with Crippen LogP contribution in [0.15, 0.2) is 18.3 Å². The molecule has 0 atom stereocenters. The minimum atomic E-state index is -4.68. The van der Waals surface area contributed by atoms with Gasteiger partial charge in [0.15, 0.2) is 0 Å². The predicted molar refractivity (Wildman–Crippen MR) is 46.1 cm³/mol. The van der Waals surface area contributed by atoms with Gasteiger partial charge in [-0.05, 0) is 11.6 Å². The van der Waals surface area contributed by atoms with Gasteiger partial charge in [-0.1, -0.05) is 6.07 Å². The average molecular weight is 240 g/mol. The van der Waals surface area contributed by atoms with E-state index in [9.17, 15) is 21.6 Å². The molecular formula is C7H7F3N2O2S. The summed E-state index contributed by atoms with van der Waals surface area (Å²) in [5.74, 6) is -0.879. The Bertz CT molecular complexity index is 456. The van der Waals surface area contributed by atoms with Crippen LogP contribution in [-0.2, 0) is 22.0 Å². The van der Waals surface area contributed by atoms with Gasteiger partial charge in [-0.25, -0.2) is 13.6 Å². The Hall–Kier alpha value is -1.15. The lowest BCUT2D eigenvalue weighted by Gasteiger charge is -2.09. The standard InChI is InChI=1S/C7H7F3N2O2S/c8-7(9,10)6-5(2-1-3-12-6)4-15(11,13)14/h1-3H,4H2,(H2,11,13,14). The Kier molecular flexibility index (Phi) is 3.00. The lowest BCUT2D eigenvalue weighted by molar-refractivity contribution is -0.141. The fourth-order valence-corrected chi connectivity index (χ4v) is 1.69. The average Bonchev–Trinajstić information content (AvgIpc) is 1.99. The number of pyridine rings is 1. The van der Waals surface area contributed by atoms with Crippen molar-refractivity contribution in [2.75, 3.05) is 0 Å². The van der Waals surface area contributed by atoms with Crippen molar-refractivity contribution in [3.8, 4) is 0 Å². The third kappa shape index (κ3) is 3.48. The van der Waals surface area contributed by atoms with Crippen LogP contribution in [0.4, 0.5) is 13.2 Å². The first-order valence-corrected chi connectivity index (χ1v) is 5.43. The molecule has 0 unspecified atom stereocenters. The zero-order chi connectivity index (χ0) is 11.7. The lowest BCUT2D eigenvalue weighted by Crippen LogP contribution is -2.19. The third-order valence-electron chi connectivity index (χ3n) is 1.52. The summed E-state index contributed by atoms with van der Waals surface area (Å²) < 4.78 is 58.3. The zero-order valence-corrected chi connectivity index (χ0v) is 8.14. The molecule has 0 aromatic carbocycles. The zero-order valence-electron chi connectivity index (χ0n) is 7.32. The minimum absolute atomic E-state index is 0.451. The van der Waals surface area contributed by atoms with Crippen LogP contribution in [0.1, 0.15) is 11.3 Å². The van der Waals surface area contributed by atoms with Gasteiger partial charge in [0, 0.05) is 6.20 Å². The van der Waals surface area contributed by atoms with E-state index >= 15 is 0 Å². The molecule has 4 nitrogen and oxygen atoms in total. The fraction of sp³-hybridized carbons (Fsp3) is 0.286. The first-order chi connectivity index (χ1) is 6.70. The first-order valence-electron chi connectivity index (χ1n) is 3.72. The normalized spacial score (nSPS) is 12.8. The summed E-state index contributed by atoms with van der Waals surface area (Å²) in [5, 5.41) is 4.66. The van der Waals surface area contributed by atoms with Gasteiger partial charge in [-0.15, -0.1) is 0 Å². The molecule has 0 bridgehead atoms. The number of rotatable bonds is 2. The van der Waals surface area contributed by atoms with E-state index in [1.54, 1.807) is 0 Å². The molecule has 0 spiro atoms. The molecule has 0 fully saturated rings. The van der Waals surface area contributed by atoms with Gasteiger partial charge in [0.1, 0.15) is 5.69 Å². The number of hydrogen-bond donors (Lipinski definition) is 1. The van der Waals surface area contributed by atoms with Crippen LogP contribution in [-0.4, -0.2) is 13.4 Å². The van der Waals surface area contributed by atoms with E-state index in [4.69, 9.17) is 0 Å². The highest BCUT2D eigenvalue weighted by Crippen LogP contribution is 2.30. The Morgan fingerprint density at radius 3 is 2.47 bits per heavy atom. The number of halogens is 3. The summed E-state index contributed by atoms with van der Waals surface area (Å²) in [4.78, 5) is 3.09. The summed E-state index contributed by atoms with van der Waals surface area (Å²) in [6.45, 7) is 0. The third-order valence-corrected chi connectivity index (χ3v) is 2.23. The van der Waals surface area contributed by atoms with E-state index in [2.05, 4.69) is 10.1 Å². The van der Waals surface area contributed by atoms with Crippen molar-refractivity contribution >= 4 is 10.0 Å². The Morgan fingerprint density at radius 1 is 1.40 bits per heavy atom. The molecule has 0 aliphatic rings. The van der Waals surface area contributed by atoms with Gasteiger partial charge in [0.2, 0.25) is 10.0 Å². The maximum Gasteiger partial charge on any atom is 0.433 e. The van der Waals surface area contributed by atoms with E-state index in [0.29, 0.717) is 0 Å². The van der Waals surface area contributed by atoms with Crippen molar-refractivity contribution in [2.45, 2.75) is 11.9 Å². The minimum Gasteiger partial charge on any atom is -0.251 e. The summed E-state index contributed by atoms with van der Waals surface area (Å²) in [6, 6.07) is 2.25. The second-order valence-electron chi connectivity index (χ2n) is 2.82. The van der Waals surface area contributed by atoms with Crippen LogP contribution < -0.4 is 5.14 Å². The van der Waals surface area contributed by atoms with Crippen LogP contribution in [0.25, 0.3) is 0 Å². The molecule has 0 radical (unpaired) electrons. The van der Waals surface area contributed by atoms with E-state index < -0.39 is 33.2 Å². The molecule has 2 N–H and O–H groups in total. The van der Waals surface area contributed by atoms with Crippen LogP contribution in [0.2, 0.25) is 0 Å². The molecule has 0 amide bonds. The lowest BCUT2D eigenvalue weighted by atomic mass is 10.2. The molecule has 0 aliphatic carbocycles. The number of primary sulfonamides is 1. The van der Waals surface area contributed by atoms with E-state index in [-0.39, 0.29) is 0 Å². The van der Waals surface area contributed by atoms with Crippen molar-refractivity contribution in [2.24, 2.45) is 5.14 Å². The topological polar surface area (TPSA) is 73.1 Å². The molecule has 84 valence electrons. The number of nitrogens with zero attached hydrogens (tertiary/aromatic N) is 1. The molecule has 1 rings (SSSR count). The predicted octanol–water partition coefficient (Wildman–Crippen LogP) is 0.889. The highest BCUT2D eigenvalue weighted by molar-refractivity contribution is 7.88. The molecule has 8 heteroatoms. The van der Waals surface area contributed by atoms with Gasteiger partial charge in [0.05, 0.1) is 5.75 Å². The molecule has 1 aromatic heterocycles. The number of nitrogens with two attached hydrogens (primary N) is 1. The van der Waals surface area contributed by atoms with E-state index in [1.165, 1.54) is 6.07 Å². The van der Waals surface area contributed by atoms with Crippen LogP contribution in [0, 0.1) is 0 Å². The van der Waals surface area contributed by atoms with E-state index in [1.807, 2.05) is 0 Å².